The second-order valence-corrected chi connectivity index (χ2v) is 9.08. The third-order valence-electron chi connectivity index (χ3n) is 6.30. The number of rotatable bonds is 5. The van der Waals surface area contributed by atoms with Crippen molar-refractivity contribution in [2.45, 2.75) is 26.1 Å². The van der Waals surface area contributed by atoms with Crippen LogP contribution in [0.15, 0.2) is 55.1 Å². The highest BCUT2D eigenvalue weighted by atomic mass is 19.4. The molecule has 1 fully saturated rings. The Morgan fingerprint density at radius 2 is 1.72 bits per heavy atom. The first-order valence-corrected chi connectivity index (χ1v) is 11.7. The van der Waals surface area contributed by atoms with Crippen molar-refractivity contribution in [3.8, 4) is 11.8 Å². The van der Waals surface area contributed by atoms with E-state index in [4.69, 9.17) is 0 Å². The van der Waals surface area contributed by atoms with Gasteiger partial charge < -0.3 is 4.90 Å². The lowest BCUT2D eigenvalue weighted by Gasteiger charge is -2.33. The molecule has 0 aliphatic carbocycles. The number of carbonyl (C=O) groups excluding carboxylic acids is 1. The first kappa shape index (κ1) is 25.5. The van der Waals surface area contributed by atoms with Gasteiger partial charge in [0.2, 0.25) is 0 Å². The third kappa shape index (κ3) is 6.56. The zero-order valence-corrected chi connectivity index (χ0v) is 20.3. The molecule has 2 heterocycles. The van der Waals surface area contributed by atoms with E-state index < -0.39 is 11.7 Å². The Balaban J connectivity index is 1.52. The number of hydrogen-bond donors (Lipinski definition) is 0. The van der Waals surface area contributed by atoms with Gasteiger partial charge in [0.1, 0.15) is 6.33 Å². The van der Waals surface area contributed by atoms with Gasteiger partial charge in [-0.1, -0.05) is 36.1 Å². The number of benzene rings is 2. The van der Waals surface area contributed by atoms with Gasteiger partial charge >= 0.3 is 6.18 Å². The van der Waals surface area contributed by atoms with Gasteiger partial charge in [0, 0.05) is 62.7 Å². The van der Waals surface area contributed by atoms with Crippen molar-refractivity contribution in [2.75, 3.05) is 33.2 Å². The summed E-state index contributed by atoms with van der Waals surface area (Å²) in [7, 11) is 2.01. The molecule has 0 unspecified atom stereocenters. The fourth-order valence-electron chi connectivity index (χ4n) is 4.10. The summed E-state index contributed by atoms with van der Waals surface area (Å²) in [5.41, 5.74) is 2.51. The number of aryl methyl sites for hydroxylation is 1. The van der Waals surface area contributed by atoms with Crippen molar-refractivity contribution in [3.63, 3.8) is 0 Å². The van der Waals surface area contributed by atoms with E-state index in [0.717, 1.165) is 37.8 Å². The highest BCUT2D eigenvalue weighted by molar-refractivity contribution is 5.98. The van der Waals surface area contributed by atoms with Gasteiger partial charge in [-0.3, -0.25) is 9.69 Å². The van der Waals surface area contributed by atoms with E-state index in [1.165, 1.54) is 12.4 Å². The number of nitrogens with zero attached hydrogens (tertiary/aromatic N) is 4. The highest BCUT2D eigenvalue weighted by Gasteiger charge is 2.34. The van der Waals surface area contributed by atoms with Crippen LogP contribution < -0.4 is 0 Å². The zero-order valence-electron chi connectivity index (χ0n) is 20.3. The summed E-state index contributed by atoms with van der Waals surface area (Å²) >= 11 is 0. The molecule has 186 valence electrons. The van der Waals surface area contributed by atoms with Gasteiger partial charge in [-0.05, 0) is 42.8 Å². The standard InChI is InChI=1S/C28H27F3N4O/c1-20-3-6-24(15-23(20)7-5-22-16-32-19-33-17-22)27(36)14-21-4-8-25(26(13-21)28(29,30)31)18-35-11-9-34(2)10-12-35/h3-4,6,8,13,15-17,19H,9-12,14,18H2,1-2H3. The molecule has 0 amide bonds. The fraction of sp³-hybridized carbons (Fsp3) is 0.321. The Labute approximate surface area is 209 Å². The molecule has 2 aromatic carbocycles. The molecule has 1 saturated heterocycles. The summed E-state index contributed by atoms with van der Waals surface area (Å²) in [5.74, 6) is 5.73. The van der Waals surface area contributed by atoms with Crippen molar-refractivity contribution in [1.29, 1.82) is 0 Å². The summed E-state index contributed by atoms with van der Waals surface area (Å²) in [5, 5.41) is 0. The number of ketones is 1. The molecular weight excluding hydrogens is 465 g/mol. The molecule has 0 N–H and O–H groups in total. The van der Waals surface area contributed by atoms with Crippen LogP contribution in [-0.4, -0.2) is 58.8 Å². The van der Waals surface area contributed by atoms with E-state index in [9.17, 15) is 18.0 Å². The predicted molar refractivity (Wildman–Crippen MR) is 131 cm³/mol. The van der Waals surface area contributed by atoms with Gasteiger partial charge in [0.05, 0.1) is 11.1 Å². The molecular formula is C28H27F3N4O. The Hall–Kier alpha value is -3.54. The lowest BCUT2D eigenvalue weighted by molar-refractivity contribution is -0.138. The Morgan fingerprint density at radius 1 is 1.00 bits per heavy atom. The number of halogens is 3. The summed E-state index contributed by atoms with van der Waals surface area (Å²) in [6.07, 6.45) is -0.0140. The molecule has 0 spiro atoms. The van der Waals surface area contributed by atoms with Crippen LogP contribution in [0.4, 0.5) is 13.2 Å². The number of aromatic nitrogens is 2. The summed E-state index contributed by atoms with van der Waals surface area (Å²) < 4.78 is 41.7. The number of hydrogen-bond acceptors (Lipinski definition) is 5. The molecule has 3 aromatic rings. The molecule has 4 rings (SSSR count). The van der Waals surface area contributed by atoms with Crippen LogP contribution in [-0.2, 0) is 19.1 Å². The molecule has 1 aliphatic heterocycles. The van der Waals surface area contributed by atoms with E-state index in [1.807, 2.05) is 18.9 Å². The molecule has 0 bridgehead atoms. The molecule has 0 saturated carbocycles. The zero-order chi connectivity index (χ0) is 25.7. The lowest BCUT2D eigenvalue weighted by Crippen LogP contribution is -2.44. The van der Waals surface area contributed by atoms with Crippen molar-refractivity contribution in [2.24, 2.45) is 0 Å². The average molecular weight is 493 g/mol. The SMILES string of the molecule is Cc1ccc(C(=O)Cc2ccc(CN3CCN(C)CC3)c(C(F)(F)F)c2)cc1C#Cc1cncnc1. The minimum Gasteiger partial charge on any atom is -0.304 e. The van der Waals surface area contributed by atoms with Gasteiger partial charge in [-0.25, -0.2) is 9.97 Å². The maximum atomic E-state index is 13.9. The smallest absolute Gasteiger partial charge is 0.304 e. The minimum absolute atomic E-state index is 0.125. The van der Waals surface area contributed by atoms with Crippen LogP contribution in [0.3, 0.4) is 0 Å². The summed E-state index contributed by atoms with van der Waals surface area (Å²) in [4.78, 5) is 25.0. The van der Waals surface area contributed by atoms with Crippen LogP contribution in [0, 0.1) is 18.8 Å². The second kappa shape index (κ2) is 11.0. The third-order valence-corrected chi connectivity index (χ3v) is 6.30. The van der Waals surface area contributed by atoms with Crippen LogP contribution in [0.5, 0.6) is 0 Å². The van der Waals surface area contributed by atoms with Crippen LogP contribution in [0.1, 0.15) is 43.7 Å². The molecule has 8 heteroatoms. The molecule has 0 atom stereocenters. The van der Waals surface area contributed by atoms with Gasteiger partial charge in [-0.15, -0.1) is 0 Å². The molecule has 36 heavy (non-hydrogen) atoms. The van der Waals surface area contributed by atoms with E-state index in [0.29, 0.717) is 22.3 Å². The number of likely N-dealkylation sites (N-methyl/N-ethyl adjacent to an activating group) is 1. The first-order chi connectivity index (χ1) is 17.2. The summed E-state index contributed by atoms with van der Waals surface area (Å²) in [6.45, 7) is 5.23. The van der Waals surface area contributed by atoms with Gasteiger partial charge in [0.15, 0.2) is 5.78 Å². The van der Waals surface area contributed by atoms with Gasteiger partial charge in [-0.2, -0.15) is 13.2 Å². The fourth-order valence-corrected chi connectivity index (χ4v) is 4.10. The number of Topliss-reactive ketones (excluding diaryl/α,β-unsaturated/α-hetero) is 1. The highest BCUT2D eigenvalue weighted by Crippen LogP contribution is 2.34. The average Bonchev–Trinajstić information content (AvgIpc) is 2.85. The van der Waals surface area contributed by atoms with Gasteiger partial charge in [0.25, 0.3) is 0 Å². The van der Waals surface area contributed by atoms with Crippen LogP contribution in [0.2, 0.25) is 0 Å². The molecule has 1 aliphatic rings. The first-order valence-electron chi connectivity index (χ1n) is 11.7. The molecule has 1 aromatic heterocycles. The van der Waals surface area contributed by atoms with Crippen molar-refractivity contribution < 1.29 is 18.0 Å². The number of piperazine rings is 1. The van der Waals surface area contributed by atoms with E-state index >= 15 is 0 Å². The maximum absolute atomic E-state index is 13.9. The number of alkyl halides is 3. The normalized spacial score (nSPS) is 14.8. The Bertz CT molecular complexity index is 1290. The minimum atomic E-state index is -4.49. The van der Waals surface area contributed by atoms with E-state index in [-0.39, 0.29) is 24.3 Å². The Morgan fingerprint density at radius 3 is 2.42 bits per heavy atom. The predicted octanol–water partition coefficient (Wildman–Crippen LogP) is 4.38. The summed E-state index contributed by atoms with van der Waals surface area (Å²) in [6, 6.07) is 9.41. The van der Waals surface area contributed by atoms with E-state index in [1.54, 1.807) is 36.7 Å². The largest absolute Gasteiger partial charge is 0.416 e. The number of carbonyl (C=O) groups is 1. The quantitative estimate of drug-likeness (QED) is 0.391. The lowest BCUT2D eigenvalue weighted by atomic mass is 9.96. The van der Waals surface area contributed by atoms with Crippen LogP contribution >= 0.6 is 0 Å². The maximum Gasteiger partial charge on any atom is 0.416 e. The molecule has 0 radical (unpaired) electrons. The van der Waals surface area contributed by atoms with E-state index in [2.05, 4.69) is 26.7 Å². The van der Waals surface area contributed by atoms with Crippen LogP contribution in [0.25, 0.3) is 0 Å². The van der Waals surface area contributed by atoms with Crippen molar-refractivity contribution >= 4 is 5.78 Å². The topological polar surface area (TPSA) is 49.3 Å². The second-order valence-electron chi connectivity index (χ2n) is 9.08. The van der Waals surface area contributed by atoms with Crippen molar-refractivity contribution in [3.05, 3.63) is 94.1 Å². The Kier molecular flexibility index (Phi) is 7.82. The van der Waals surface area contributed by atoms with Crippen molar-refractivity contribution in [1.82, 2.24) is 19.8 Å². The molecule has 5 nitrogen and oxygen atoms in total. The monoisotopic (exact) mass is 492 g/mol.